The zero-order valence-corrected chi connectivity index (χ0v) is 10.5. The Morgan fingerprint density at radius 1 is 1.29 bits per heavy atom. The third-order valence-corrected chi connectivity index (χ3v) is 4.57. The highest BCUT2D eigenvalue weighted by Crippen LogP contribution is 2.37. The average Bonchev–Trinajstić information content (AvgIpc) is 2.24. The molecule has 1 aromatic carbocycles. The molecule has 5 heteroatoms. The minimum absolute atomic E-state index is 0.142. The molecule has 0 amide bonds. The molecule has 17 heavy (non-hydrogen) atoms. The Bertz CT molecular complexity index is 480. The molecular formula is C12H16O4S. The predicted octanol–water partition coefficient (Wildman–Crippen LogP) is 1.62. The Kier molecular flexibility index (Phi) is 3.25. The van der Waals surface area contributed by atoms with Gasteiger partial charge in [0.25, 0.3) is 10.1 Å². The van der Waals surface area contributed by atoms with Crippen LogP contribution in [0.4, 0.5) is 0 Å². The van der Waals surface area contributed by atoms with Crippen molar-refractivity contribution in [1.82, 2.24) is 0 Å². The topological polar surface area (TPSA) is 63.6 Å². The molecule has 0 heterocycles. The van der Waals surface area contributed by atoms with Gasteiger partial charge in [-0.25, -0.2) is 0 Å². The maximum absolute atomic E-state index is 12.0. The van der Waals surface area contributed by atoms with Crippen molar-refractivity contribution in [2.75, 3.05) is 6.61 Å². The van der Waals surface area contributed by atoms with Gasteiger partial charge in [0.05, 0.1) is 11.5 Å². The molecule has 0 atom stereocenters. The van der Waals surface area contributed by atoms with Gasteiger partial charge in [-0.1, -0.05) is 17.7 Å². The maximum Gasteiger partial charge on any atom is 0.297 e. The standard InChI is InChI=1S/C12H16O4S/c1-10-3-5-11(6-4-10)17(14,15)16-12(9-13)7-2-8-12/h3-6,13H,2,7-9H2,1H3. The van der Waals surface area contributed by atoms with Crippen molar-refractivity contribution in [1.29, 1.82) is 0 Å². The molecule has 1 N–H and O–H groups in total. The molecule has 1 saturated carbocycles. The first-order valence-corrected chi connectivity index (χ1v) is 7.01. The Hall–Kier alpha value is -0.910. The second-order valence-electron chi connectivity index (χ2n) is 4.55. The summed E-state index contributed by atoms with van der Waals surface area (Å²) in [6, 6.07) is 6.49. The fourth-order valence-electron chi connectivity index (χ4n) is 1.82. The van der Waals surface area contributed by atoms with Crippen molar-refractivity contribution in [3.05, 3.63) is 29.8 Å². The summed E-state index contributed by atoms with van der Waals surface area (Å²) in [6.45, 7) is 1.64. The molecule has 0 unspecified atom stereocenters. The summed E-state index contributed by atoms with van der Waals surface area (Å²) < 4.78 is 29.1. The van der Waals surface area contributed by atoms with E-state index in [0.29, 0.717) is 12.8 Å². The highest BCUT2D eigenvalue weighted by molar-refractivity contribution is 7.86. The van der Waals surface area contributed by atoms with E-state index in [0.717, 1.165) is 12.0 Å². The summed E-state index contributed by atoms with van der Waals surface area (Å²) >= 11 is 0. The summed E-state index contributed by atoms with van der Waals surface area (Å²) in [6.07, 6.45) is 2.08. The molecule has 0 aromatic heterocycles. The number of aryl methyl sites for hydroxylation is 1. The number of aliphatic hydroxyl groups is 1. The lowest BCUT2D eigenvalue weighted by Gasteiger charge is -2.38. The Balaban J connectivity index is 2.22. The molecule has 0 aliphatic heterocycles. The molecule has 0 bridgehead atoms. The smallest absolute Gasteiger partial charge is 0.297 e. The second kappa shape index (κ2) is 4.40. The van der Waals surface area contributed by atoms with Crippen molar-refractivity contribution in [3.63, 3.8) is 0 Å². The lowest BCUT2D eigenvalue weighted by atomic mass is 9.81. The average molecular weight is 256 g/mol. The molecular weight excluding hydrogens is 240 g/mol. The van der Waals surface area contributed by atoms with Crippen LogP contribution in [0.2, 0.25) is 0 Å². The summed E-state index contributed by atoms with van der Waals surface area (Å²) in [7, 11) is -3.77. The lowest BCUT2D eigenvalue weighted by Crippen LogP contribution is -2.45. The van der Waals surface area contributed by atoms with E-state index < -0.39 is 15.7 Å². The normalized spacial score (nSPS) is 18.7. The number of rotatable bonds is 4. The van der Waals surface area contributed by atoms with Crippen molar-refractivity contribution in [2.24, 2.45) is 0 Å². The molecule has 1 fully saturated rings. The first-order valence-electron chi connectivity index (χ1n) is 5.61. The first kappa shape index (κ1) is 12.5. The minimum atomic E-state index is -3.77. The summed E-state index contributed by atoms with van der Waals surface area (Å²) in [5.74, 6) is 0. The van der Waals surface area contributed by atoms with E-state index in [2.05, 4.69) is 0 Å². The highest BCUT2D eigenvalue weighted by Gasteiger charge is 2.42. The van der Waals surface area contributed by atoms with Gasteiger partial charge < -0.3 is 5.11 Å². The Morgan fingerprint density at radius 3 is 2.29 bits per heavy atom. The fraction of sp³-hybridized carbons (Fsp3) is 0.500. The third kappa shape index (κ3) is 2.51. The van der Waals surface area contributed by atoms with Crippen LogP contribution < -0.4 is 0 Å². The van der Waals surface area contributed by atoms with Gasteiger partial charge in [-0.2, -0.15) is 8.42 Å². The van der Waals surface area contributed by atoms with Crippen LogP contribution in [0, 0.1) is 6.92 Å². The van der Waals surface area contributed by atoms with Gasteiger partial charge in [-0.05, 0) is 38.3 Å². The van der Waals surface area contributed by atoms with E-state index in [-0.39, 0.29) is 11.5 Å². The first-order chi connectivity index (χ1) is 7.97. The van der Waals surface area contributed by atoms with Crippen molar-refractivity contribution in [3.8, 4) is 0 Å². The summed E-state index contributed by atoms with van der Waals surface area (Å²) in [4.78, 5) is 0.142. The Morgan fingerprint density at radius 2 is 1.88 bits per heavy atom. The third-order valence-electron chi connectivity index (χ3n) is 3.15. The number of hydrogen-bond donors (Lipinski definition) is 1. The summed E-state index contributed by atoms with van der Waals surface area (Å²) in [5, 5.41) is 9.20. The van der Waals surface area contributed by atoms with E-state index in [1.807, 2.05) is 6.92 Å². The van der Waals surface area contributed by atoms with E-state index in [1.165, 1.54) is 12.1 Å². The molecule has 1 aliphatic rings. The fourth-order valence-corrected chi connectivity index (χ4v) is 3.08. The van der Waals surface area contributed by atoms with E-state index in [9.17, 15) is 13.5 Å². The molecule has 0 spiro atoms. The quantitative estimate of drug-likeness (QED) is 0.831. The Labute approximate surface area is 101 Å². The van der Waals surface area contributed by atoms with Crippen LogP contribution in [0.15, 0.2) is 29.2 Å². The second-order valence-corrected chi connectivity index (χ2v) is 6.09. The molecule has 94 valence electrons. The van der Waals surface area contributed by atoms with Crippen molar-refractivity contribution >= 4 is 10.1 Å². The summed E-state index contributed by atoms with van der Waals surface area (Å²) in [5.41, 5.74) is 0.105. The lowest BCUT2D eigenvalue weighted by molar-refractivity contribution is -0.0467. The maximum atomic E-state index is 12.0. The number of aliphatic hydroxyl groups excluding tert-OH is 1. The SMILES string of the molecule is Cc1ccc(S(=O)(=O)OC2(CO)CCC2)cc1. The molecule has 0 radical (unpaired) electrons. The van der Waals surface area contributed by atoms with Gasteiger partial charge in [0.1, 0.15) is 5.60 Å². The van der Waals surface area contributed by atoms with E-state index in [4.69, 9.17) is 4.18 Å². The molecule has 1 aliphatic carbocycles. The minimum Gasteiger partial charge on any atom is -0.393 e. The number of hydrogen-bond acceptors (Lipinski definition) is 4. The van der Waals surface area contributed by atoms with Gasteiger partial charge in [0, 0.05) is 0 Å². The van der Waals surface area contributed by atoms with Gasteiger partial charge in [0.15, 0.2) is 0 Å². The van der Waals surface area contributed by atoms with Gasteiger partial charge in [0.2, 0.25) is 0 Å². The van der Waals surface area contributed by atoms with Crippen LogP contribution in [0.3, 0.4) is 0 Å². The van der Waals surface area contributed by atoms with Crippen LogP contribution in [0.5, 0.6) is 0 Å². The van der Waals surface area contributed by atoms with E-state index >= 15 is 0 Å². The van der Waals surface area contributed by atoms with Crippen LogP contribution in [-0.4, -0.2) is 25.7 Å². The zero-order valence-electron chi connectivity index (χ0n) is 9.72. The van der Waals surface area contributed by atoms with Crippen molar-refractivity contribution in [2.45, 2.75) is 36.7 Å². The highest BCUT2D eigenvalue weighted by atomic mass is 32.2. The van der Waals surface area contributed by atoms with E-state index in [1.54, 1.807) is 12.1 Å². The van der Waals surface area contributed by atoms with Gasteiger partial charge >= 0.3 is 0 Å². The van der Waals surface area contributed by atoms with Gasteiger partial charge in [-0.15, -0.1) is 0 Å². The largest absolute Gasteiger partial charge is 0.393 e. The van der Waals surface area contributed by atoms with Crippen LogP contribution in [0.1, 0.15) is 24.8 Å². The molecule has 4 nitrogen and oxygen atoms in total. The van der Waals surface area contributed by atoms with Gasteiger partial charge in [-0.3, -0.25) is 4.18 Å². The predicted molar refractivity (Wildman–Crippen MR) is 63.1 cm³/mol. The molecule has 2 rings (SSSR count). The molecule has 0 saturated heterocycles. The van der Waals surface area contributed by atoms with Crippen LogP contribution in [-0.2, 0) is 14.3 Å². The zero-order chi connectivity index (χ0) is 12.5. The monoisotopic (exact) mass is 256 g/mol. The number of benzene rings is 1. The van der Waals surface area contributed by atoms with Crippen LogP contribution in [0.25, 0.3) is 0 Å². The van der Waals surface area contributed by atoms with Crippen molar-refractivity contribution < 1.29 is 17.7 Å². The molecule has 1 aromatic rings. The van der Waals surface area contributed by atoms with Crippen LogP contribution >= 0.6 is 0 Å².